The van der Waals surface area contributed by atoms with E-state index in [2.05, 4.69) is 5.32 Å². The van der Waals surface area contributed by atoms with Crippen LogP contribution in [-0.2, 0) is 17.8 Å². The van der Waals surface area contributed by atoms with Crippen LogP contribution in [0.3, 0.4) is 0 Å². The van der Waals surface area contributed by atoms with Crippen LogP contribution in [0, 0.1) is 11.2 Å². The molecule has 0 spiro atoms. The summed E-state index contributed by atoms with van der Waals surface area (Å²) in [4.78, 5) is 25.6. The van der Waals surface area contributed by atoms with Gasteiger partial charge in [0, 0.05) is 11.9 Å². The number of nitrogens with zero attached hydrogens (tertiary/aromatic N) is 1. The lowest BCUT2D eigenvalue weighted by atomic mass is 9.96. The molecule has 0 fully saturated rings. The molecule has 6 nitrogen and oxygen atoms in total. The normalized spacial score (nSPS) is 12.1. The highest BCUT2D eigenvalue weighted by Crippen LogP contribution is 2.31. The van der Waals surface area contributed by atoms with E-state index in [1.54, 1.807) is 25.3 Å². The summed E-state index contributed by atoms with van der Waals surface area (Å²) in [7, 11) is 0. The molecule has 1 N–H and O–H groups in total. The quantitative estimate of drug-likeness (QED) is 0.593. The van der Waals surface area contributed by atoms with Crippen LogP contribution in [0.1, 0.15) is 67.0 Å². The highest BCUT2D eigenvalue weighted by atomic mass is 19.1. The van der Waals surface area contributed by atoms with Gasteiger partial charge in [0.1, 0.15) is 17.2 Å². The van der Waals surface area contributed by atoms with E-state index in [1.807, 2.05) is 27.7 Å². The van der Waals surface area contributed by atoms with Gasteiger partial charge in [0.05, 0.1) is 24.2 Å². The molecule has 0 saturated heterocycles. The van der Waals surface area contributed by atoms with E-state index in [0.29, 0.717) is 35.4 Å². The van der Waals surface area contributed by atoms with Gasteiger partial charge in [-0.2, -0.15) is 0 Å². The Morgan fingerprint density at radius 2 is 1.81 bits per heavy atom. The number of amides is 1. The van der Waals surface area contributed by atoms with Crippen molar-refractivity contribution in [1.82, 2.24) is 9.88 Å². The van der Waals surface area contributed by atoms with Gasteiger partial charge in [0.25, 0.3) is 5.56 Å². The standard InChI is InChI=1S/C24H35FN2O4/c1-8-9-12-30-20-18-13-16(25)10-11-17(18)21(28)27(15-23(2,3)4)19(20)14-26-22(29)31-24(5,6)7/h10-11,13H,8-9,12,14-15H2,1-7H3,(H,26,29). The van der Waals surface area contributed by atoms with Crippen LogP contribution in [0.4, 0.5) is 9.18 Å². The Labute approximate surface area is 183 Å². The van der Waals surface area contributed by atoms with Gasteiger partial charge in [-0.15, -0.1) is 0 Å². The Kier molecular flexibility index (Phi) is 7.73. The first-order valence-electron chi connectivity index (χ1n) is 10.8. The van der Waals surface area contributed by atoms with Crippen molar-refractivity contribution in [1.29, 1.82) is 0 Å². The van der Waals surface area contributed by atoms with Crippen LogP contribution in [0.5, 0.6) is 5.75 Å². The van der Waals surface area contributed by atoms with Gasteiger partial charge in [0.2, 0.25) is 0 Å². The molecule has 0 saturated carbocycles. The highest BCUT2D eigenvalue weighted by Gasteiger charge is 2.24. The summed E-state index contributed by atoms with van der Waals surface area (Å²) in [5.74, 6) is -0.0327. The summed E-state index contributed by atoms with van der Waals surface area (Å²) in [5, 5.41) is 3.52. The number of hydrogen-bond acceptors (Lipinski definition) is 4. The second-order valence-corrected chi connectivity index (χ2v) is 9.98. The molecule has 0 bridgehead atoms. The van der Waals surface area contributed by atoms with Gasteiger partial charge < -0.3 is 19.4 Å². The van der Waals surface area contributed by atoms with E-state index >= 15 is 0 Å². The number of rotatable bonds is 7. The van der Waals surface area contributed by atoms with Crippen LogP contribution in [-0.4, -0.2) is 22.9 Å². The molecule has 0 aliphatic rings. The molecule has 1 amide bonds. The average Bonchev–Trinajstić information content (AvgIpc) is 2.62. The maximum absolute atomic E-state index is 14.1. The molecule has 0 unspecified atom stereocenters. The zero-order valence-corrected chi connectivity index (χ0v) is 19.7. The molecule has 0 atom stereocenters. The lowest BCUT2D eigenvalue weighted by molar-refractivity contribution is 0.0521. The molecule has 2 aromatic rings. The molecule has 31 heavy (non-hydrogen) atoms. The Hall–Kier alpha value is -2.57. The SMILES string of the molecule is CCCCOc1c(CNC(=O)OC(C)(C)C)n(CC(C)(C)C)c(=O)c2ccc(F)cc12. The zero-order valence-electron chi connectivity index (χ0n) is 19.7. The third-order valence-electron chi connectivity index (χ3n) is 4.47. The van der Waals surface area contributed by atoms with Crippen molar-refractivity contribution in [2.75, 3.05) is 6.61 Å². The number of hydrogen-bond donors (Lipinski definition) is 1. The Morgan fingerprint density at radius 1 is 1.13 bits per heavy atom. The minimum absolute atomic E-state index is 0.0220. The minimum Gasteiger partial charge on any atom is -0.491 e. The van der Waals surface area contributed by atoms with Crippen LogP contribution in [0.15, 0.2) is 23.0 Å². The van der Waals surface area contributed by atoms with Gasteiger partial charge in [-0.25, -0.2) is 9.18 Å². The fraction of sp³-hybridized carbons (Fsp3) is 0.583. The fourth-order valence-electron chi connectivity index (χ4n) is 3.20. The summed E-state index contributed by atoms with van der Waals surface area (Å²) < 4.78 is 27.1. The molecule has 1 heterocycles. The van der Waals surface area contributed by atoms with Crippen LogP contribution >= 0.6 is 0 Å². The van der Waals surface area contributed by atoms with Crippen LogP contribution in [0.25, 0.3) is 10.8 Å². The number of benzene rings is 1. The first kappa shape index (κ1) is 24.7. The molecule has 7 heteroatoms. The van der Waals surface area contributed by atoms with Crippen LogP contribution < -0.4 is 15.6 Å². The smallest absolute Gasteiger partial charge is 0.407 e. The molecule has 0 aliphatic heterocycles. The molecular weight excluding hydrogens is 399 g/mol. The number of halogens is 1. The zero-order chi connectivity index (χ0) is 23.4. The lowest BCUT2D eigenvalue weighted by Crippen LogP contribution is -2.36. The monoisotopic (exact) mass is 434 g/mol. The summed E-state index contributed by atoms with van der Waals surface area (Å²) in [5.41, 5.74) is -0.602. The van der Waals surface area contributed by atoms with Gasteiger partial charge >= 0.3 is 6.09 Å². The molecule has 172 valence electrons. The summed E-state index contributed by atoms with van der Waals surface area (Å²) in [6.07, 6.45) is 1.15. The number of aromatic nitrogens is 1. The molecule has 2 rings (SSSR count). The number of nitrogens with one attached hydrogen (secondary N) is 1. The first-order valence-corrected chi connectivity index (χ1v) is 10.8. The molecule has 1 aromatic carbocycles. The van der Waals surface area contributed by atoms with Crippen molar-refractivity contribution in [3.8, 4) is 5.75 Å². The molecule has 0 radical (unpaired) electrons. The third kappa shape index (κ3) is 6.97. The Bertz CT molecular complexity index is 984. The number of alkyl carbamates (subject to hydrolysis) is 1. The molecule has 1 aromatic heterocycles. The number of pyridine rings is 1. The van der Waals surface area contributed by atoms with Crippen molar-refractivity contribution >= 4 is 16.9 Å². The average molecular weight is 435 g/mol. The van der Waals surface area contributed by atoms with Crippen molar-refractivity contribution in [3.63, 3.8) is 0 Å². The second kappa shape index (κ2) is 9.71. The fourth-order valence-corrected chi connectivity index (χ4v) is 3.20. The minimum atomic E-state index is -0.651. The van der Waals surface area contributed by atoms with E-state index in [4.69, 9.17) is 9.47 Å². The predicted octanol–water partition coefficient (Wildman–Crippen LogP) is 5.39. The van der Waals surface area contributed by atoms with E-state index in [-0.39, 0.29) is 17.5 Å². The highest BCUT2D eigenvalue weighted by molar-refractivity contribution is 5.88. The van der Waals surface area contributed by atoms with E-state index < -0.39 is 17.5 Å². The maximum Gasteiger partial charge on any atom is 0.407 e. The largest absolute Gasteiger partial charge is 0.491 e. The van der Waals surface area contributed by atoms with Gasteiger partial charge in [-0.3, -0.25) is 4.79 Å². The number of carbonyl (C=O) groups is 1. The second-order valence-electron chi connectivity index (χ2n) is 9.98. The molecule has 0 aliphatic carbocycles. The summed E-state index contributed by atoms with van der Waals surface area (Å²) in [6, 6.07) is 4.08. The van der Waals surface area contributed by atoms with E-state index in [0.717, 1.165) is 12.8 Å². The first-order chi connectivity index (χ1) is 14.3. The van der Waals surface area contributed by atoms with E-state index in [1.165, 1.54) is 18.2 Å². The molecular formula is C24H35FN2O4. The summed E-state index contributed by atoms with van der Waals surface area (Å²) >= 11 is 0. The number of carbonyl (C=O) groups excluding carboxylic acids is 1. The van der Waals surface area contributed by atoms with Gasteiger partial charge in [-0.1, -0.05) is 34.1 Å². The Morgan fingerprint density at radius 3 is 2.39 bits per heavy atom. The maximum atomic E-state index is 14.1. The number of fused-ring (bicyclic) bond motifs is 1. The summed E-state index contributed by atoms with van der Waals surface area (Å²) in [6.45, 7) is 14.3. The van der Waals surface area contributed by atoms with Gasteiger partial charge in [0.15, 0.2) is 0 Å². The Balaban J connectivity index is 2.64. The number of unbranched alkanes of at least 4 members (excludes halogenated alkanes) is 1. The predicted molar refractivity (Wildman–Crippen MR) is 121 cm³/mol. The third-order valence-corrected chi connectivity index (χ3v) is 4.47. The van der Waals surface area contributed by atoms with E-state index in [9.17, 15) is 14.0 Å². The lowest BCUT2D eigenvalue weighted by Gasteiger charge is -2.26. The van der Waals surface area contributed by atoms with Crippen molar-refractivity contribution < 1.29 is 18.7 Å². The van der Waals surface area contributed by atoms with Crippen LogP contribution in [0.2, 0.25) is 0 Å². The van der Waals surface area contributed by atoms with Crippen molar-refractivity contribution in [3.05, 3.63) is 40.1 Å². The number of ether oxygens (including phenoxy) is 2. The van der Waals surface area contributed by atoms with Gasteiger partial charge in [-0.05, 0) is 50.8 Å². The van der Waals surface area contributed by atoms with Crippen molar-refractivity contribution in [2.24, 2.45) is 5.41 Å². The van der Waals surface area contributed by atoms with Crippen molar-refractivity contribution in [2.45, 2.75) is 80.0 Å². The topological polar surface area (TPSA) is 69.6 Å².